The van der Waals surface area contributed by atoms with E-state index in [-0.39, 0.29) is 18.5 Å². The fourth-order valence-corrected chi connectivity index (χ4v) is 4.26. The molecular formula is C24H33N3O5S. The summed E-state index contributed by atoms with van der Waals surface area (Å²) in [4.78, 5) is 27.6. The minimum Gasteiger partial charge on any atom is -0.497 e. The summed E-state index contributed by atoms with van der Waals surface area (Å²) in [7, 11) is -2.18. The maximum absolute atomic E-state index is 13.5. The number of ether oxygens (including phenoxy) is 1. The molecule has 8 nitrogen and oxygen atoms in total. The van der Waals surface area contributed by atoms with Crippen LogP contribution in [0.15, 0.2) is 48.5 Å². The lowest BCUT2D eigenvalue weighted by molar-refractivity contribution is -0.139. The van der Waals surface area contributed by atoms with Gasteiger partial charge in [0.1, 0.15) is 18.3 Å². The van der Waals surface area contributed by atoms with Gasteiger partial charge in [-0.3, -0.25) is 13.9 Å². The predicted molar refractivity (Wildman–Crippen MR) is 130 cm³/mol. The van der Waals surface area contributed by atoms with Crippen molar-refractivity contribution < 1.29 is 22.7 Å². The molecule has 0 fully saturated rings. The van der Waals surface area contributed by atoms with E-state index in [2.05, 4.69) is 5.32 Å². The Morgan fingerprint density at radius 1 is 1.03 bits per heavy atom. The van der Waals surface area contributed by atoms with Crippen molar-refractivity contribution in [2.24, 2.45) is 0 Å². The number of para-hydroxylation sites is 1. The van der Waals surface area contributed by atoms with Gasteiger partial charge in [-0.1, -0.05) is 30.3 Å². The van der Waals surface area contributed by atoms with E-state index in [9.17, 15) is 18.0 Å². The van der Waals surface area contributed by atoms with E-state index in [1.165, 1.54) is 4.90 Å². The number of rotatable bonds is 10. The van der Waals surface area contributed by atoms with Crippen LogP contribution in [0.25, 0.3) is 0 Å². The quantitative estimate of drug-likeness (QED) is 0.570. The molecule has 0 bridgehead atoms. The maximum Gasteiger partial charge on any atom is 0.244 e. The van der Waals surface area contributed by atoms with Gasteiger partial charge in [-0.2, -0.15) is 0 Å². The molecule has 2 aromatic carbocycles. The van der Waals surface area contributed by atoms with Crippen molar-refractivity contribution in [1.82, 2.24) is 10.2 Å². The lowest BCUT2D eigenvalue weighted by Crippen LogP contribution is -2.52. The Bertz CT molecular complexity index is 1070. The van der Waals surface area contributed by atoms with Gasteiger partial charge in [-0.25, -0.2) is 8.42 Å². The number of carbonyl (C=O) groups is 2. The molecule has 0 saturated carbocycles. The van der Waals surface area contributed by atoms with Crippen molar-refractivity contribution in [3.8, 4) is 5.75 Å². The Balaban J connectivity index is 2.39. The molecule has 2 aromatic rings. The normalized spacial score (nSPS) is 12.2. The first-order chi connectivity index (χ1) is 15.4. The number of hydrogen-bond donors (Lipinski definition) is 1. The number of sulfonamides is 1. The Hall–Kier alpha value is -3.07. The number of aryl methyl sites for hydroxylation is 1. The number of benzene rings is 2. The Kier molecular flexibility index (Phi) is 8.87. The predicted octanol–water partition coefficient (Wildman–Crippen LogP) is 2.71. The highest BCUT2D eigenvalue weighted by Gasteiger charge is 2.30. The minimum atomic E-state index is -3.75. The maximum atomic E-state index is 13.5. The Morgan fingerprint density at radius 3 is 2.15 bits per heavy atom. The average Bonchev–Trinajstić information content (AvgIpc) is 2.75. The summed E-state index contributed by atoms with van der Waals surface area (Å²) in [6.45, 7) is 6.82. The van der Waals surface area contributed by atoms with Crippen LogP contribution in [-0.2, 0) is 26.2 Å². The van der Waals surface area contributed by atoms with Gasteiger partial charge >= 0.3 is 0 Å². The van der Waals surface area contributed by atoms with Crippen molar-refractivity contribution in [2.45, 2.75) is 46.3 Å². The molecule has 0 unspecified atom stereocenters. The zero-order chi connectivity index (χ0) is 24.8. The number of hydrogen-bond acceptors (Lipinski definition) is 5. The molecule has 2 amide bonds. The van der Waals surface area contributed by atoms with E-state index in [4.69, 9.17) is 4.74 Å². The standard InChI is InChI=1S/C24H33N3O5S/c1-17(2)25-24(29)19(4)26(15-20-11-13-21(32-5)14-12-20)23(28)16-27(33(6,30)31)22-10-8-7-9-18(22)3/h7-14,17,19H,15-16H2,1-6H3,(H,25,29)/t19-/m0/s1. The van der Waals surface area contributed by atoms with Gasteiger partial charge in [0, 0.05) is 12.6 Å². The van der Waals surface area contributed by atoms with Gasteiger partial charge in [0.25, 0.3) is 0 Å². The zero-order valence-electron chi connectivity index (χ0n) is 20.0. The van der Waals surface area contributed by atoms with Crippen molar-refractivity contribution in [3.05, 3.63) is 59.7 Å². The summed E-state index contributed by atoms with van der Waals surface area (Å²) in [5.74, 6) is -0.121. The Morgan fingerprint density at radius 2 is 1.64 bits per heavy atom. The van der Waals surface area contributed by atoms with E-state index < -0.39 is 28.5 Å². The van der Waals surface area contributed by atoms with E-state index in [0.717, 1.165) is 21.7 Å². The molecular weight excluding hydrogens is 442 g/mol. The van der Waals surface area contributed by atoms with E-state index >= 15 is 0 Å². The van der Waals surface area contributed by atoms with Crippen LogP contribution in [-0.4, -0.2) is 57.1 Å². The van der Waals surface area contributed by atoms with Crippen LogP contribution >= 0.6 is 0 Å². The van der Waals surface area contributed by atoms with Crippen LogP contribution in [0.1, 0.15) is 31.9 Å². The lowest BCUT2D eigenvalue weighted by atomic mass is 10.1. The lowest BCUT2D eigenvalue weighted by Gasteiger charge is -2.32. The summed E-state index contributed by atoms with van der Waals surface area (Å²) < 4.78 is 31.4. The number of methoxy groups -OCH3 is 1. The van der Waals surface area contributed by atoms with Gasteiger partial charge in [0.2, 0.25) is 21.8 Å². The summed E-state index contributed by atoms with van der Waals surface area (Å²) in [5, 5.41) is 2.82. The molecule has 0 aliphatic carbocycles. The highest BCUT2D eigenvalue weighted by molar-refractivity contribution is 7.92. The third kappa shape index (κ3) is 7.21. The molecule has 33 heavy (non-hydrogen) atoms. The number of nitrogens with one attached hydrogen (secondary N) is 1. The fraction of sp³-hybridized carbons (Fsp3) is 0.417. The number of anilines is 1. The monoisotopic (exact) mass is 475 g/mol. The van der Waals surface area contributed by atoms with Crippen LogP contribution in [0.3, 0.4) is 0 Å². The number of carbonyl (C=O) groups excluding carboxylic acids is 2. The van der Waals surface area contributed by atoms with Crippen LogP contribution in [0, 0.1) is 6.92 Å². The van der Waals surface area contributed by atoms with Gasteiger partial charge in [0.15, 0.2) is 0 Å². The van der Waals surface area contributed by atoms with E-state index in [0.29, 0.717) is 11.4 Å². The molecule has 1 atom stereocenters. The third-order valence-electron chi connectivity index (χ3n) is 5.17. The van der Waals surface area contributed by atoms with Crippen molar-refractivity contribution in [3.63, 3.8) is 0 Å². The molecule has 0 spiro atoms. The second-order valence-electron chi connectivity index (χ2n) is 8.27. The number of amides is 2. The van der Waals surface area contributed by atoms with Crippen LogP contribution < -0.4 is 14.4 Å². The Labute approximate surface area is 196 Å². The molecule has 0 radical (unpaired) electrons. The molecule has 2 rings (SSSR count). The largest absolute Gasteiger partial charge is 0.497 e. The van der Waals surface area contributed by atoms with Crippen molar-refractivity contribution in [2.75, 3.05) is 24.2 Å². The van der Waals surface area contributed by atoms with Gasteiger partial charge in [0.05, 0.1) is 19.1 Å². The fourth-order valence-electron chi connectivity index (χ4n) is 3.35. The second-order valence-corrected chi connectivity index (χ2v) is 10.2. The summed E-state index contributed by atoms with van der Waals surface area (Å²) in [5.41, 5.74) is 1.94. The van der Waals surface area contributed by atoms with Crippen LogP contribution in [0.5, 0.6) is 5.75 Å². The van der Waals surface area contributed by atoms with Crippen LogP contribution in [0.2, 0.25) is 0 Å². The van der Waals surface area contributed by atoms with E-state index in [1.807, 2.05) is 26.0 Å². The summed E-state index contributed by atoms with van der Waals surface area (Å²) in [6.07, 6.45) is 1.06. The molecule has 0 saturated heterocycles. The molecule has 0 aromatic heterocycles. The van der Waals surface area contributed by atoms with Gasteiger partial charge < -0.3 is 15.0 Å². The van der Waals surface area contributed by atoms with Crippen molar-refractivity contribution >= 4 is 27.5 Å². The average molecular weight is 476 g/mol. The van der Waals surface area contributed by atoms with Gasteiger partial charge in [-0.05, 0) is 57.0 Å². The number of nitrogens with zero attached hydrogens (tertiary/aromatic N) is 2. The first kappa shape index (κ1) is 26.2. The molecule has 0 aliphatic heterocycles. The third-order valence-corrected chi connectivity index (χ3v) is 6.30. The van der Waals surface area contributed by atoms with E-state index in [1.54, 1.807) is 57.4 Å². The molecule has 9 heteroatoms. The first-order valence-electron chi connectivity index (χ1n) is 10.7. The zero-order valence-corrected chi connectivity index (χ0v) is 20.8. The summed E-state index contributed by atoms with van der Waals surface area (Å²) in [6, 6.07) is 13.2. The summed E-state index contributed by atoms with van der Waals surface area (Å²) >= 11 is 0. The van der Waals surface area contributed by atoms with Crippen molar-refractivity contribution in [1.29, 1.82) is 0 Å². The minimum absolute atomic E-state index is 0.0997. The highest BCUT2D eigenvalue weighted by atomic mass is 32.2. The SMILES string of the molecule is COc1ccc(CN(C(=O)CN(c2ccccc2C)S(C)(=O)=O)[C@@H](C)C(=O)NC(C)C)cc1. The molecule has 1 N–H and O–H groups in total. The van der Waals surface area contributed by atoms with Gasteiger partial charge in [-0.15, -0.1) is 0 Å². The van der Waals surface area contributed by atoms with Crippen LogP contribution in [0.4, 0.5) is 5.69 Å². The second kappa shape index (κ2) is 11.2. The topological polar surface area (TPSA) is 96.0 Å². The first-order valence-corrected chi connectivity index (χ1v) is 12.5. The molecule has 180 valence electrons. The molecule has 0 aliphatic rings. The highest BCUT2D eigenvalue weighted by Crippen LogP contribution is 2.23. The smallest absolute Gasteiger partial charge is 0.244 e. The molecule has 0 heterocycles.